The highest BCUT2D eigenvalue weighted by atomic mass is 15.3. The molecule has 0 bridgehead atoms. The monoisotopic (exact) mass is 366 g/mol. The number of rotatable bonds is 3. The van der Waals surface area contributed by atoms with E-state index in [-0.39, 0.29) is 5.92 Å². The highest BCUT2D eigenvalue weighted by Crippen LogP contribution is 2.43. The lowest BCUT2D eigenvalue weighted by Crippen LogP contribution is -2.17. The lowest BCUT2D eigenvalue weighted by Gasteiger charge is -2.26. The van der Waals surface area contributed by atoms with Crippen LogP contribution in [0.5, 0.6) is 0 Å². The molecule has 1 aliphatic rings. The molecular formula is C24H22N4. The molecule has 4 aromatic rings. The zero-order chi connectivity index (χ0) is 19.1. The molecular weight excluding hydrogens is 344 g/mol. The van der Waals surface area contributed by atoms with Crippen LogP contribution in [0.2, 0.25) is 0 Å². The van der Waals surface area contributed by atoms with Gasteiger partial charge in [-0.05, 0) is 29.8 Å². The molecule has 0 fully saturated rings. The molecule has 2 aromatic heterocycles. The van der Waals surface area contributed by atoms with E-state index >= 15 is 0 Å². The summed E-state index contributed by atoms with van der Waals surface area (Å²) in [6.07, 6.45) is 2.91. The first kappa shape index (κ1) is 16.8. The first-order valence-electron chi connectivity index (χ1n) is 9.58. The second-order valence-corrected chi connectivity index (χ2v) is 7.42. The highest BCUT2D eigenvalue weighted by molar-refractivity contribution is 5.73. The maximum Gasteiger partial charge on any atom is 0.128 e. The molecule has 1 aliphatic carbocycles. The fraction of sp³-hybridized carbons (Fsp3) is 0.167. The van der Waals surface area contributed by atoms with Crippen molar-refractivity contribution in [2.45, 2.75) is 12.3 Å². The van der Waals surface area contributed by atoms with Crippen molar-refractivity contribution in [3.8, 4) is 16.9 Å². The summed E-state index contributed by atoms with van der Waals surface area (Å²) < 4.78 is 2.06. The van der Waals surface area contributed by atoms with Gasteiger partial charge in [-0.25, -0.2) is 9.67 Å². The Bertz CT molecular complexity index is 1110. The number of pyridine rings is 1. The van der Waals surface area contributed by atoms with Gasteiger partial charge in [-0.15, -0.1) is 0 Å². The number of hydrogen-bond acceptors (Lipinski definition) is 3. The van der Waals surface area contributed by atoms with Crippen molar-refractivity contribution in [1.82, 2.24) is 14.8 Å². The van der Waals surface area contributed by atoms with Crippen LogP contribution in [0.15, 0.2) is 79.0 Å². The summed E-state index contributed by atoms with van der Waals surface area (Å²) in [5, 5.41) is 4.78. The van der Waals surface area contributed by atoms with Crippen LogP contribution in [0, 0.1) is 0 Å². The van der Waals surface area contributed by atoms with E-state index in [0.29, 0.717) is 0 Å². The molecule has 0 spiro atoms. The molecule has 2 aromatic carbocycles. The Morgan fingerprint density at radius 3 is 2.32 bits per heavy atom. The quantitative estimate of drug-likeness (QED) is 0.527. The Hall–Kier alpha value is -3.40. The summed E-state index contributed by atoms with van der Waals surface area (Å²) in [5.41, 5.74) is 7.10. The lowest BCUT2D eigenvalue weighted by atomic mass is 9.80. The molecule has 0 unspecified atom stereocenters. The molecule has 0 amide bonds. The van der Waals surface area contributed by atoms with E-state index in [1.54, 1.807) is 0 Å². The van der Waals surface area contributed by atoms with Crippen LogP contribution < -0.4 is 4.90 Å². The van der Waals surface area contributed by atoms with Gasteiger partial charge < -0.3 is 4.90 Å². The minimum Gasteiger partial charge on any atom is -0.363 e. The van der Waals surface area contributed by atoms with Gasteiger partial charge in [0.05, 0.1) is 23.3 Å². The molecule has 1 atom stereocenters. The van der Waals surface area contributed by atoms with Gasteiger partial charge in [0.15, 0.2) is 0 Å². The predicted molar refractivity (Wildman–Crippen MR) is 113 cm³/mol. The SMILES string of the molecule is CN(C)c1ccc2c(n1)C[C@@H](c1ccccc1)c1cnn(-c3ccccc3)c1-2. The third-order valence-electron chi connectivity index (χ3n) is 5.45. The predicted octanol–water partition coefficient (Wildman–Crippen LogP) is 4.69. The van der Waals surface area contributed by atoms with E-state index in [0.717, 1.165) is 29.3 Å². The fourth-order valence-electron chi connectivity index (χ4n) is 4.05. The number of aromatic nitrogens is 3. The maximum atomic E-state index is 4.99. The molecule has 0 saturated heterocycles. The standard InChI is InChI=1S/C24H22N4/c1-27(2)23-14-13-19-22(26-23)15-20(17-9-5-3-6-10-17)21-16-25-28(24(19)21)18-11-7-4-8-12-18/h3-14,16,20H,15H2,1-2H3/t20-/m0/s1. The smallest absolute Gasteiger partial charge is 0.128 e. The molecule has 0 saturated carbocycles. The van der Waals surface area contributed by atoms with Crippen molar-refractivity contribution >= 4 is 5.82 Å². The summed E-state index contributed by atoms with van der Waals surface area (Å²) in [5.74, 6) is 1.24. The molecule has 4 heteroatoms. The van der Waals surface area contributed by atoms with E-state index in [1.807, 2.05) is 26.4 Å². The zero-order valence-electron chi connectivity index (χ0n) is 16.1. The Morgan fingerprint density at radius 2 is 1.61 bits per heavy atom. The van der Waals surface area contributed by atoms with Crippen LogP contribution in [0.3, 0.4) is 0 Å². The molecule has 0 N–H and O–H groups in total. The Kier molecular flexibility index (Phi) is 3.97. The molecule has 0 aliphatic heterocycles. The van der Waals surface area contributed by atoms with E-state index < -0.39 is 0 Å². The molecule has 2 heterocycles. The van der Waals surface area contributed by atoms with Crippen molar-refractivity contribution < 1.29 is 0 Å². The molecule has 0 radical (unpaired) electrons. The average Bonchev–Trinajstić information content (AvgIpc) is 3.19. The van der Waals surface area contributed by atoms with Crippen LogP contribution in [0.1, 0.15) is 22.7 Å². The summed E-state index contributed by atoms with van der Waals surface area (Å²) in [7, 11) is 4.07. The van der Waals surface area contributed by atoms with E-state index in [9.17, 15) is 0 Å². The largest absolute Gasteiger partial charge is 0.363 e. The van der Waals surface area contributed by atoms with E-state index in [1.165, 1.54) is 16.7 Å². The topological polar surface area (TPSA) is 34.0 Å². The average molecular weight is 366 g/mol. The second-order valence-electron chi connectivity index (χ2n) is 7.42. The third-order valence-corrected chi connectivity index (χ3v) is 5.45. The van der Waals surface area contributed by atoms with Crippen molar-refractivity contribution in [1.29, 1.82) is 0 Å². The van der Waals surface area contributed by atoms with Crippen molar-refractivity contribution in [3.05, 3.63) is 95.8 Å². The van der Waals surface area contributed by atoms with Crippen molar-refractivity contribution in [3.63, 3.8) is 0 Å². The number of hydrogen-bond donors (Lipinski definition) is 0. The first-order chi connectivity index (χ1) is 13.7. The van der Waals surface area contributed by atoms with Crippen molar-refractivity contribution in [2.75, 3.05) is 19.0 Å². The fourth-order valence-corrected chi connectivity index (χ4v) is 4.05. The van der Waals surface area contributed by atoms with E-state index in [4.69, 9.17) is 10.1 Å². The van der Waals surface area contributed by atoms with Gasteiger partial charge in [0.1, 0.15) is 5.82 Å². The Labute approximate surface area is 165 Å². The van der Waals surface area contributed by atoms with E-state index in [2.05, 4.69) is 76.3 Å². The van der Waals surface area contributed by atoms with Crippen LogP contribution in [0.4, 0.5) is 5.82 Å². The van der Waals surface area contributed by atoms with Gasteiger partial charge in [-0.2, -0.15) is 5.10 Å². The molecule has 138 valence electrons. The number of para-hydroxylation sites is 1. The Balaban J connectivity index is 1.74. The summed E-state index contributed by atoms with van der Waals surface area (Å²) in [6.45, 7) is 0. The van der Waals surface area contributed by atoms with Gasteiger partial charge in [-0.3, -0.25) is 0 Å². The second kappa shape index (κ2) is 6.64. The summed E-state index contributed by atoms with van der Waals surface area (Å²) >= 11 is 0. The van der Waals surface area contributed by atoms with Gasteiger partial charge in [-0.1, -0.05) is 48.5 Å². The summed E-state index contributed by atoms with van der Waals surface area (Å²) in [4.78, 5) is 7.04. The number of benzene rings is 2. The molecule has 28 heavy (non-hydrogen) atoms. The van der Waals surface area contributed by atoms with Gasteiger partial charge in [0.25, 0.3) is 0 Å². The van der Waals surface area contributed by atoms with Crippen LogP contribution in [-0.2, 0) is 6.42 Å². The number of anilines is 1. The van der Waals surface area contributed by atoms with Gasteiger partial charge in [0, 0.05) is 37.6 Å². The number of nitrogens with zero attached hydrogens (tertiary/aromatic N) is 4. The maximum absolute atomic E-state index is 4.99. The van der Waals surface area contributed by atoms with Crippen LogP contribution >= 0.6 is 0 Å². The summed E-state index contributed by atoms with van der Waals surface area (Å²) in [6, 6.07) is 25.3. The molecule has 4 nitrogen and oxygen atoms in total. The minimum atomic E-state index is 0.256. The normalized spacial score (nSPS) is 15.0. The van der Waals surface area contributed by atoms with Crippen molar-refractivity contribution in [2.24, 2.45) is 0 Å². The highest BCUT2D eigenvalue weighted by Gasteiger charge is 2.31. The number of fused-ring (bicyclic) bond motifs is 3. The molecule has 5 rings (SSSR count). The van der Waals surface area contributed by atoms with Gasteiger partial charge >= 0.3 is 0 Å². The Morgan fingerprint density at radius 1 is 0.893 bits per heavy atom. The lowest BCUT2D eigenvalue weighted by molar-refractivity contribution is 0.764. The van der Waals surface area contributed by atoms with Gasteiger partial charge in [0.2, 0.25) is 0 Å². The van der Waals surface area contributed by atoms with Crippen LogP contribution in [0.25, 0.3) is 16.9 Å². The third kappa shape index (κ3) is 2.69. The zero-order valence-corrected chi connectivity index (χ0v) is 16.1. The minimum absolute atomic E-state index is 0.256. The van der Waals surface area contributed by atoms with Crippen LogP contribution in [-0.4, -0.2) is 28.9 Å². The first-order valence-corrected chi connectivity index (χ1v) is 9.58.